The lowest BCUT2D eigenvalue weighted by Gasteiger charge is -2.22. The fraction of sp³-hybridized carbons (Fsp3) is 0.214. The van der Waals surface area contributed by atoms with Gasteiger partial charge in [-0.25, -0.2) is 4.90 Å². The molecule has 3 aromatic rings. The van der Waals surface area contributed by atoms with Gasteiger partial charge in [-0.1, -0.05) is 74.0 Å². The van der Waals surface area contributed by atoms with Crippen LogP contribution in [0.25, 0.3) is 5.57 Å². The lowest BCUT2D eigenvalue weighted by Crippen LogP contribution is -2.34. The van der Waals surface area contributed by atoms with E-state index in [1.807, 2.05) is 77.7 Å². The SMILES string of the molecule is CCCCc1ccc(N2C(=O)C(c3ccccc3)=C(N3CCc4ccccc43)C2=O)cc1. The van der Waals surface area contributed by atoms with Crippen molar-refractivity contribution >= 4 is 28.8 Å². The van der Waals surface area contributed by atoms with E-state index in [4.69, 9.17) is 0 Å². The zero-order chi connectivity index (χ0) is 22.1. The average molecular weight is 423 g/mol. The van der Waals surface area contributed by atoms with E-state index in [0.29, 0.717) is 23.5 Å². The van der Waals surface area contributed by atoms with Crippen LogP contribution in [-0.4, -0.2) is 18.4 Å². The minimum atomic E-state index is -0.262. The summed E-state index contributed by atoms with van der Waals surface area (Å²) >= 11 is 0. The highest BCUT2D eigenvalue weighted by atomic mass is 16.2. The number of carbonyl (C=O) groups excluding carboxylic acids is 2. The van der Waals surface area contributed by atoms with Crippen LogP contribution in [0.15, 0.2) is 84.6 Å². The minimum absolute atomic E-state index is 0.258. The zero-order valence-corrected chi connectivity index (χ0v) is 18.3. The van der Waals surface area contributed by atoms with Crippen molar-refractivity contribution in [3.05, 3.63) is 101 Å². The molecule has 0 fully saturated rings. The normalized spacial score (nSPS) is 15.7. The van der Waals surface area contributed by atoms with Crippen LogP contribution in [0.1, 0.15) is 36.5 Å². The third-order valence-corrected chi connectivity index (χ3v) is 6.29. The third-order valence-electron chi connectivity index (χ3n) is 6.29. The van der Waals surface area contributed by atoms with Gasteiger partial charge in [0.15, 0.2) is 0 Å². The lowest BCUT2D eigenvalue weighted by atomic mass is 10.0. The molecule has 0 N–H and O–H groups in total. The molecular weight excluding hydrogens is 396 g/mol. The molecule has 0 spiro atoms. The van der Waals surface area contributed by atoms with Crippen LogP contribution in [-0.2, 0) is 22.4 Å². The molecule has 3 aromatic carbocycles. The highest BCUT2D eigenvalue weighted by Crippen LogP contribution is 2.40. The summed E-state index contributed by atoms with van der Waals surface area (Å²) in [5.74, 6) is -0.520. The Morgan fingerprint density at radius 2 is 1.53 bits per heavy atom. The Balaban J connectivity index is 1.57. The van der Waals surface area contributed by atoms with Crippen LogP contribution >= 0.6 is 0 Å². The maximum Gasteiger partial charge on any atom is 0.282 e. The molecule has 5 rings (SSSR count). The number of hydrogen-bond donors (Lipinski definition) is 0. The van der Waals surface area contributed by atoms with E-state index in [9.17, 15) is 9.59 Å². The van der Waals surface area contributed by atoms with Crippen molar-refractivity contribution in [1.29, 1.82) is 0 Å². The van der Waals surface area contributed by atoms with Crippen molar-refractivity contribution in [2.75, 3.05) is 16.3 Å². The first-order valence-electron chi connectivity index (χ1n) is 11.3. The summed E-state index contributed by atoms with van der Waals surface area (Å²) in [7, 11) is 0. The van der Waals surface area contributed by atoms with Crippen molar-refractivity contribution in [3.63, 3.8) is 0 Å². The van der Waals surface area contributed by atoms with Crippen LogP contribution in [0.4, 0.5) is 11.4 Å². The van der Waals surface area contributed by atoms with Gasteiger partial charge < -0.3 is 4.90 Å². The van der Waals surface area contributed by atoms with Gasteiger partial charge in [0.2, 0.25) is 0 Å². The molecule has 4 nitrogen and oxygen atoms in total. The number of anilines is 2. The monoisotopic (exact) mass is 422 g/mol. The molecule has 0 aromatic heterocycles. The molecule has 4 heteroatoms. The van der Waals surface area contributed by atoms with Gasteiger partial charge in [-0.15, -0.1) is 0 Å². The van der Waals surface area contributed by atoms with Crippen molar-refractivity contribution in [1.82, 2.24) is 0 Å². The van der Waals surface area contributed by atoms with Crippen molar-refractivity contribution in [2.24, 2.45) is 0 Å². The van der Waals surface area contributed by atoms with E-state index in [0.717, 1.165) is 36.9 Å². The summed E-state index contributed by atoms with van der Waals surface area (Å²) in [5.41, 5.74) is 5.77. The topological polar surface area (TPSA) is 40.6 Å². The zero-order valence-electron chi connectivity index (χ0n) is 18.3. The van der Waals surface area contributed by atoms with Crippen LogP contribution in [0.2, 0.25) is 0 Å². The Kier molecular flexibility index (Phi) is 5.36. The Morgan fingerprint density at radius 1 is 0.812 bits per heavy atom. The van der Waals surface area contributed by atoms with Gasteiger partial charge >= 0.3 is 0 Å². The second-order valence-corrected chi connectivity index (χ2v) is 8.34. The molecule has 2 aliphatic rings. The van der Waals surface area contributed by atoms with Gasteiger partial charge in [0.05, 0.1) is 11.3 Å². The Hall–Kier alpha value is -3.66. The maximum absolute atomic E-state index is 13.8. The number of benzene rings is 3. The summed E-state index contributed by atoms with van der Waals surface area (Å²) in [6.07, 6.45) is 4.12. The van der Waals surface area contributed by atoms with Crippen LogP contribution in [0.5, 0.6) is 0 Å². The van der Waals surface area contributed by atoms with Crippen molar-refractivity contribution in [2.45, 2.75) is 32.6 Å². The number of aryl methyl sites for hydroxylation is 1. The molecule has 0 atom stereocenters. The molecule has 2 aliphatic heterocycles. The quantitative estimate of drug-likeness (QED) is 0.501. The van der Waals surface area contributed by atoms with Gasteiger partial charge in [0, 0.05) is 12.2 Å². The van der Waals surface area contributed by atoms with E-state index in [1.165, 1.54) is 16.0 Å². The van der Waals surface area contributed by atoms with E-state index in [-0.39, 0.29) is 11.8 Å². The molecular formula is C28H26N2O2. The smallest absolute Gasteiger partial charge is 0.282 e. The predicted molar refractivity (Wildman–Crippen MR) is 128 cm³/mol. The number of fused-ring (bicyclic) bond motifs is 1. The Labute approximate surface area is 188 Å². The number of unbranched alkanes of at least 4 members (excludes halogenated alkanes) is 1. The first-order chi connectivity index (χ1) is 15.7. The standard InChI is InChI=1S/C28H26N2O2/c1-2-3-9-20-14-16-23(17-15-20)30-27(31)25(22-11-5-4-6-12-22)26(28(30)32)29-19-18-21-10-7-8-13-24(21)29/h4-8,10-17H,2-3,9,18-19H2,1H3. The second-order valence-electron chi connectivity index (χ2n) is 8.34. The highest BCUT2D eigenvalue weighted by molar-refractivity contribution is 6.46. The number of rotatable bonds is 6. The summed E-state index contributed by atoms with van der Waals surface area (Å²) in [6, 6.07) is 25.5. The highest BCUT2D eigenvalue weighted by Gasteiger charge is 2.43. The van der Waals surface area contributed by atoms with Gasteiger partial charge in [-0.05, 0) is 54.2 Å². The predicted octanol–water partition coefficient (Wildman–Crippen LogP) is 5.38. The summed E-state index contributed by atoms with van der Waals surface area (Å²) in [5, 5.41) is 0. The van der Waals surface area contributed by atoms with Crippen LogP contribution < -0.4 is 9.80 Å². The molecule has 2 amide bonds. The number of amides is 2. The Bertz CT molecular complexity index is 1200. The maximum atomic E-state index is 13.8. The molecule has 0 aliphatic carbocycles. The molecule has 0 saturated carbocycles. The first kappa shape index (κ1) is 20.3. The second kappa shape index (κ2) is 8.46. The van der Waals surface area contributed by atoms with Crippen LogP contribution in [0, 0.1) is 0 Å². The number of nitrogens with zero attached hydrogens (tertiary/aromatic N) is 2. The van der Waals surface area contributed by atoms with Gasteiger partial charge in [0.1, 0.15) is 5.70 Å². The van der Waals surface area contributed by atoms with E-state index in [2.05, 4.69) is 13.0 Å². The van der Waals surface area contributed by atoms with Crippen molar-refractivity contribution in [3.8, 4) is 0 Å². The van der Waals surface area contributed by atoms with Crippen molar-refractivity contribution < 1.29 is 9.59 Å². The fourth-order valence-corrected chi connectivity index (χ4v) is 4.63. The fourth-order valence-electron chi connectivity index (χ4n) is 4.63. The summed E-state index contributed by atoms with van der Waals surface area (Å²) in [6.45, 7) is 2.86. The number of hydrogen-bond acceptors (Lipinski definition) is 3. The molecule has 0 radical (unpaired) electrons. The largest absolute Gasteiger partial charge is 0.336 e. The number of carbonyl (C=O) groups is 2. The molecule has 0 unspecified atom stereocenters. The van der Waals surface area contributed by atoms with E-state index in [1.54, 1.807) is 0 Å². The first-order valence-corrected chi connectivity index (χ1v) is 11.3. The van der Waals surface area contributed by atoms with E-state index >= 15 is 0 Å². The lowest BCUT2D eigenvalue weighted by molar-refractivity contribution is -0.120. The van der Waals surface area contributed by atoms with Gasteiger partial charge in [-0.2, -0.15) is 0 Å². The van der Waals surface area contributed by atoms with E-state index < -0.39 is 0 Å². The average Bonchev–Trinajstić information content (AvgIpc) is 3.36. The molecule has 0 saturated heterocycles. The molecule has 32 heavy (non-hydrogen) atoms. The molecule has 2 heterocycles. The molecule has 160 valence electrons. The molecule has 0 bridgehead atoms. The van der Waals surface area contributed by atoms with Gasteiger partial charge in [-0.3, -0.25) is 9.59 Å². The van der Waals surface area contributed by atoms with Crippen LogP contribution in [0.3, 0.4) is 0 Å². The third kappa shape index (κ3) is 3.42. The number of para-hydroxylation sites is 1. The van der Waals surface area contributed by atoms with Gasteiger partial charge in [0.25, 0.3) is 11.8 Å². The minimum Gasteiger partial charge on any atom is -0.336 e. The Morgan fingerprint density at radius 3 is 2.28 bits per heavy atom. The summed E-state index contributed by atoms with van der Waals surface area (Å²) in [4.78, 5) is 30.8. The summed E-state index contributed by atoms with van der Waals surface area (Å²) < 4.78 is 0. The number of imide groups is 1.